The van der Waals surface area contributed by atoms with Gasteiger partial charge < -0.3 is 10.1 Å². The van der Waals surface area contributed by atoms with Gasteiger partial charge in [-0.05, 0) is 43.6 Å². The number of aromatic nitrogens is 1. The number of rotatable bonds is 6. The fourth-order valence-electron chi connectivity index (χ4n) is 2.67. The number of nitrogens with zero attached hydrogens (tertiary/aromatic N) is 1. The molecule has 1 aromatic rings. The van der Waals surface area contributed by atoms with Gasteiger partial charge in [0.1, 0.15) is 0 Å². The summed E-state index contributed by atoms with van der Waals surface area (Å²) in [7, 11) is 0. The van der Waals surface area contributed by atoms with E-state index >= 15 is 0 Å². The van der Waals surface area contributed by atoms with E-state index in [1.165, 1.54) is 12.8 Å². The van der Waals surface area contributed by atoms with Gasteiger partial charge in [-0.2, -0.15) is 0 Å². The summed E-state index contributed by atoms with van der Waals surface area (Å²) in [5, 5.41) is 3.32. The molecule has 3 nitrogen and oxygen atoms in total. The van der Waals surface area contributed by atoms with Crippen molar-refractivity contribution in [3.63, 3.8) is 0 Å². The molecule has 2 aliphatic rings. The average Bonchev–Trinajstić information content (AvgIpc) is 3.31. The molecule has 1 saturated carbocycles. The molecule has 1 fully saturated rings. The molecular weight excluding hydrogens is 267 g/mol. The van der Waals surface area contributed by atoms with Crippen molar-refractivity contribution in [2.75, 3.05) is 6.61 Å². The maximum Gasteiger partial charge on any atom is 0.250 e. The number of pyridine rings is 1. The van der Waals surface area contributed by atoms with E-state index in [9.17, 15) is 4.39 Å². The SMILES string of the molecule is CC1CC=CCC1COc1nccc(CNC2CC2)c1F. The van der Waals surface area contributed by atoms with E-state index in [0.29, 0.717) is 36.6 Å². The van der Waals surface area contributed by atoms with Crippen molar-refractivity contribution in [1.29, 1.82) is 0 Å². The Morgan fingerprint density at radius 1 is 1.33 bits per heavy atom. The van der Waals surface area contributed by atoms with Crippen molar-refractivity contribution in [3.05, 3.63) is 35.8 Å². The molecule has 2 aliphatic carbocycles. The molecule has 4 heteroatoms. The largest absolute Gasteiger partial charge is 0.475 e. The smallest absolute Gasteiger partial charge is 0.250 e. The lowest BCUT2D eigenvalue weighted by Crippen LogP contribution is -2.22. The van der Waals surface area contributed by atoms with E-state index in [1.807, 2.05) is 0 Å². The van der Waals surface area contributed by atoms with Crippen LogP contribution in [0.25, 0.3) is 0 Å². The predicted octanol–water partition coefficient (Wildman–Crippen LogP) is 3.45. The summed E-state index contributed by atoms with van der Waals surface area (Å²) in [4.78, 5) is 4.05. The highest BCUT2D eigenvalue weighted by Gasteiger charge is 2.22. The standard InChI is InChI=1S/C17H23FN2O/c1-12-4-2-3-5-14(12)11-21-17-16(18)13(8-9-19-17)10-20-15-6-7-15/h2-3,8-9,12,14-15,20H,4-7,10-11H2,1H3. The molecule has 0 aromatic carbocycles. The van der Waals surface area contributed by atoms with Crippen LogP contribution in [0.3, 0.4) is 0 Å². The second kappa shape index (κ2) is 6.56. The summed E-state index contributed by atoms with van der Waals surface area (Å²) >= 11 is 0. The zero-order chi connectivity index (χ0) is 14.7. The van der Waals surface area contributed by atoms with Crippen molar-refractivity contribution in [3.8, 4) is 5.88 Å². The molecule has 0 amide bonds. The third-order valence-corrected chi connectivity index (χ3v) is 4.45. The quantitative estimate of drug-likeness (QED) is 0.815. The zero-order valence-corrected chi connectivity index (χ0v) is 12.5. The normalized spacial score (nSPS) is 25.0. The Morgan fingerprint density at radius 2 is 2.14 bits per heavy atom. The average molecular weight is 290 g/mol. The van der Waals surface area contributed by atoms with Gasteiger partial charge in [0.2, 0.25) is 0 Å². The molecule has 0 bridgehead atoms. The summed E-state index contributed by atoms with van der Waals surface area (Å²) in [5.41, 5.74) is 0.642. The highest BCUT2D eigenvalue weighted by Crippen LogP contribution is 2.27. The van der Waals surface area contributed by atoms with Crippen LogP contribution in [0.5, 0.6) is 5.88 Å². The van der Waals surface area contributed by atoms with Gasteiger partial charge in [0, 0.05) is 24.3 Å². The Morgan fingerprint density at radius 3 is 2.90 bits per heavy atom. The molecule has 1 heterocycles. The Labute approximate surface area is 125 Å². The molecule has 0 aliphatic heterocycles. The fourth-order valence-corrected chi connectivity index (χ4v) is 2.67. The first kappa shape index (κ1) is 14.5. The van der Waals surface area contributed by atoms with Gasteiger partial charge >= 0.3 is 0 Å². The van der Waals surface area contributed by atoms with Gasteiger partial charge in [0.05, 0.1) is 6.61 Å². The van der Waals surface area contributed by atoms with Crippen molar-refractivity contribution in [1.82, 2.24) is 10.3 Å². The highest BCUT2D eigenvalue weighted by molar-refractivity contribution is 5.23. The van der Waals surface area contributed by atoms with Crippen molar-refractivity contribution in [2.45, 2.75) is 45.2 Å². The van der Waals surface area contributed by atoms with E-state index in [4.69, 9.17) is 4.74 Å². The minimum absolute atomic E-state index is 0.145. The summed E-state index contributed by atoms with van der Waals surface area (Å²) in [6, 6.07) is 2.29. The van der Waals surface area contributed by atoms with Gasteiger partial charge in [-0.1, -0.05) is 19.1 Å². The van der Waals surface area contributed by atoms with Gasteiger partial charge in [0.25, 0.3) is 5.88 Å². The minimum atomic E-state index is -0.315. The van der Waals surface area contributed by atoms with E-state index in [1.54, 1.807) is 12.3 Å². The summed E-state index contributed by atoms with van der Waals surface area (Å²) in [6.07, 6.45) is 10.5. The number of hydrogen-bond donors (Lipinski definition) is 1. The predicted molar refractivity (Wildman–Crippen MR) is 80.6 cm³/mol. The van der Waals surface area contributed by atoms with E-state index < -0.39 is 0 Å². The van der Waals surface area contributed by atoms with Gasteiger partial charge in [-0.25, -0.2) is 9.37 Å². The number of nitrogens with one attached hydrogen (secondary N) is 1. The fraction of sp³-hybridized carbons (Fsp3) is 0.588. The molecule has 0 radical (unpaired) electrons. The lowest BCUT2D eigenvalue weighted by molar-refractivity contribution is 0.185. The first-order valence-corrected chi connectivity index (χ1v) is 7.88. The van der Waals surface area contributed by atoms with Crippen LogP contribution in [0.4, 0.5) is 4.39 Å². The molecule has 2 atom stereocenters. The maximum absolute atomic E-state index is 14.4. The molecule has 21 heavy (non-hydrogen) atoms. The molecular formula is C17H23FN2O. The van der Waals surface area contributed by atoms with Crippen LogP contribution in [0.15, 0.2) is 24.4 Å². The topological polar surface area (TPSA) is 34.1 Å². The van der Waals surface area contributed by atoms with E-state index in [0.717, 1.165) is 12.8 Å². The third-order valence-electron chi connectivity index (χ3n) is 4.45. The van der Waals surface area contributed by atoms with Crippen LogP contribution >= 0.6 is 0 Å². The van der Waals surface area contributed by atoms with Gasteiger partial charge in [0.15, 0.2) is 5.82 Å². The first-order chi connectivity index (χ1) is 10.2. The first-order valence-electron chi connectivity index (χ1n) is 7.88. The Bertz CT molecular complexity index is 514. The summed E-state index contributed by atoms with van der Waals surface area (Å²) in [6.45, 7) is 3.31. The Balaban J connectivity index is 1.59. The Kier molecular flexibility index (Phi) is 4.54. The molecule has 1 N–H and O–H groups in total. The van der Waals surface area contributed by atoms with Crippen LogP contribution in [-0.2, 0) is 6.54 Å². The van der Waals surface area contributed by atoms with Crippen molar-refractivity contribution in [2.24, 2.45) is 11.8 Å². The van der Waals surface area contributed by atoms with Gasteiger partial charge in [-0.3, -0.25) is 0 Å². The van der Waals surface area contributed by atoms with Crippen LogP contribution in [0.2, 0.25) is 0 Å². The van der Waals surface area contributed by atoms with Crippen LogP contribution in [-0.4, -0.2) is 17.6 Å². The minimum Gasteiger partial charge on any atom is -0.475 e. The molecule has 2 unspecified atom stereocenters. The molecule has 0 spiro atoms. The second-order valence-corrected chi connectivity index (χ2v) is 6.24. The number of halogens is 1. The van der Waals surface area contributed by atoms with E-state index in [-0.39, 0.29) is 11.7 Å². The lowest BCUT2D eigenvalue weighted by Gasteiger charge is -2.25. The second-order valence-electron chi connectivity index (χ2n) is 6.24. The highest BCUT2D eigenvalue weighted by atomic mass is 19.1. The number of hydrogen-bond acceptors (Lipinski definition) is 3. The molecule has 0 saturated heterocycles. The van der Waals surface area contributed by atoms with Gasteiger partial charge in [-0.15, -0.1) is 0 Å². The van der Waals surface area contributed by atoms with Crippen LogP contribution < -0.4 is 10.1 Å². The number of ether oxygens (including phenoxy) is 1. The summed E-state index contributed by atoms with van der Waals surface area (Å²) < 4.78 is 20.0. The number of allylic oxidation sites excluding steroid dienone is 2. The van der Waals surface area contributed by atoms with Crippen molar-refractivity contribution >= 4 is 0 Å². The third kappa shape index (κ3) is 3.82. The molecule has 114 valence electrons. The van der Waals surface area contributed by atoms with Crippen LogP contribution in [0, 0.1) is 17.7 Å². The Hall–Kier alpha value is -1.42. The maximum atomic E-state index is 14.4. The molecule has 3 rings (SSSR count). The van der Waals surface area contributed by atoms with Crippen molar-refractivity contribution < 1.29 is 9.13 Å². The lowest BCUT2D eigenvalue weighted by atomic mass is 9.85. The monoisotopic (exact) mass is 290 g/mol. The summed E-state index contributed by atoms with van der Waals surface area (Å²) in [5.74, 6) is 0.860. The zero-order valence-electron chi connectivity index (χ0n) is 12.5. The molecule has 1 aromatic heterocycles. The van der Waals surface area contributed by atoms with E-state index in [2.05, 4.69) is 29.4 Å². The van der Waals surface area contributed by atoms with Crippen LogP contribution in [0.1, 0.15) is 38.2 Å².